The fourth-order valence-corrected chi connectivity index (χ4v) is 1.84. The summed E-state index contributed by atoms with van der Waals surface area (Å²) in [6.45, 7) is 2.65. The number of hydrazone groups is 1. The number of aromatic nitrogens is 2. The molecular formula is C15H17Cl2CuN5S. The van der Waals surface area contributed by atoms with E-state index in [-0.39, 0.29) is 0 Å². The second-order valence-electron chi connectivity index (χ2n) is 4.44. The maximum absolute atomic E-state index is 5.13. The number of aryl methyl sites for hydroxylation is 1. The van der Waals surface area contributed by atoms with E-state index in [1.165, 1.54) is 0 Å². The van der Waals surface area contributed by atoms with Gasteiger partial charge >= 0.3 is 33.3 Å². The van der Waals surface area contributed by atoms with E-state index in [0.29, 0.717) is 11.7 Å². The first kappa shape index (κ1) is 20.8. The topological polar surface area (TPSA) is 62.2 Å². The molecule has 0 aliphatic heterocycles. The first-order valence-electron chi connectivity index (χ1n) is 6.87. The molecule has 2 heterocycles. The minimum atomic E-state index is 0.481. The van der Waals surface area contributed by atoms with Gasteiger partial charge in [0.2, 0.25) is 0 Å². The Balaban J connectivity index is 0.000000891. The Kier molecular flexibility index (Phi) is 11.4. The third-order valence-electron chi connectivity index (χ3n) is 2.67. The average Bonchev–Trinajstić information content (AvgIpc) is 2.57. The third kappa shape index (κ3) is 9.80. The summed E-state index contributed by atoms with van der Waals surface area (Å²) in [4.78, 5) is 8.55. The fraction of sp³-hybridized carbons (Fsp3) is 0.200. The van der Waals surface area contributed by atoms with E-state index < -0.39 is 0 Å². The first-order valence-corrected chi connectivity index (χ1v) is 9.87. The number of hydrogen-bond donors (Lipinski definition) is 2. The summed E-state index contributed by atoms with van der Waals surface area (Å²) in [7, 11) is 9.34. The summed E-state index contributed by atoms with van der Waals surface area (Å²) >= 11 is 5.89. The molecule has 0 saturated carbocycles. The van der Waals surface area contributed by atoms with E-state index in [4.69, 9.17) is 12.2 Å². The number of nitrogens with zero attached hydrogens (tertiary/aromatic N) is 3. The van der Waals surface area contributed by atoms with Gasteiger partial charge in [-0.2, -0.15) is 5.10 Å². The number of rotatable bonds is 5. The molecule has 2 aromatic heterocycles. The molecule has 0 aliphatic carbocycles. The second kappa shape index (κ2) is 13.1. The maximum atomic E-state index is 5.13. The van der Waals surface area contributed by atoms with Crippen LogP contribution in [0.15, 0.2) is 47.7 Å². The zero-order valence-electron chi connectivity index (χ0n) is 12.8. The van der Waals surface area contributed by atoms with Crippen molar-refractivity contribution in [1.82, 2.24) is 20.7 Å². The number of thiocarbonyl (C=S) groups is 1. The van der Waals surface area contributed by atoms with Crippen LogP contribution in [0, 0.1) is 6.92 Å². The number of nitrogens with one attached hydrogen (secondary N) is 2. The van der Waals surface area contributed by atoms with Crippen molar-refractivity contribution in [3.05, 3.63) is 59.7 Å². The summed E-state index contributed by atoms with van der Waals surface area (Å²) in [6.07, 6.45) is 4.23. The molecule has 0 atom stereocenters. The molecule has 0 spiro atoms. The van der Waals surface area contributed by atoms with Crippen LogP contribution in [0.4, 0.5) is 0 Å². The molecule has 24 heavy (non-hydrogen) atoms. The summed E-state index contributed by atoms with van der Waals surface area (Å²) in [5, 5.41) is 7.61. The zero-order chi connectivity index (χ0) is 17.6. The average molecular weight is 434 g/mol. The van der Waals surface area contributed by atoms with Gasteiger partial charge in [-0.05, 0) is 43.4 Å². The van der Waals surface area contributed by atoms with E-state index in [1.54, 1.807) is 12.4 Å². The molecule has 5 nitrogen and oxygen atoms in total. The molecule has 0 unspecified atom stereocenters. The van der Waals surface area contributed by atoms with Gasteiger partial charge in [0.05, 0.1) is 11.9 Å². The van der Waals surface area contributed by atoms with Crippen molar-refractivity contribution in [3.8, 4) is 0 Å². The van der Waals surface area contributed by atoms with Crippen molar-refractivity contribution in [3.63, 3.8) is 0 Å². The van der Waals surface area contributed by atoms with Crippen LogP contribution in [0.3, 0.4) is 0 Å². The van der Waals surface area contributed by atoms with E-state index in [9.17, 15) is 0 Å². The van der Waals surface area contributed by atoms with Gasteiger partial charge in [0.25, 0.3) is 0 Å². The van der Waals surface area contributed by atoms with Gasteiger partial charge in [0.1, 0.15) is 0 Å². The van der Waals surface area contributed by atoms with Crippen LogP contribution in [0.25, 0.3) is 0 Å². The molecule has 0 radical (unpaired) electrons. The van der Waals surface area contributed by atoms with Gasteiger partial charge in [-0.3, -0.25) is 15.4 Å². The second-order valence-corrected chi connectivity index (χ2v) is 6.41. The zero-order valence-corrected chi connectivity index (χ0v) is 16.1. The van der Waals surface area contributed by atoms with Crippen molar-refractivity contribution < 1.29 is 13.1 Å². The molecule has 0 fully saturated rings. The van der Waals surface area contributed by atoms with Crippen LogP contribution in [0.5, 0.6) is 0 Å². The fourth-order valence-electron chi connectivity index (χ4n) is 1.68. The SMILES string of the molecule is Cc1cccc(C=NNC(=S)NCCc2ccccn2)n1.[Cl][Cu][Cl]. The predicted molar refractivity (Wildman–Crippen MR) is 100.0 cm³/mol. The van der Waals surface area contributed by atoms with Crippen molar-refractivity contribution in [1.29, 1.82) is 0 Å². The van der Waals surface area contributed by atoms with Gasteiger partial charge < -0.3 is 5.32 Å². The van der Waals surface area contributed by atoms with Crippen LogP contribution in [0.2, 0.25) is 0 Å². The molecule has 0 saturated heterocycles. The van der Waals surface area contributed by atoms with Crippen LogP contribution in [0.1, 0.15) is 17.1 Å². The summed E-state index contributed by atoms with van der Waals surface area (Å²) in [5.41, 5.74) is 5.54. The Morgan fingerprint density at radius 1 is 1.29 bits per heavy atom. The van der Waals surface area contributed by atoms with E-state index >= 15 is 0 Å². The number of hydrogen-bond acceptors (Lipinski definition) is 4. The van der Waals surface area contributed by atoms with E-state index in [1.807, 2.05) is 43.3 Å². The Labute approximate surface area is 161 Å². The minimum absolute atomic E-state index is 0.481. The van der Waals surface area contributed by atoms with Gasteiger partial charge in [-0.1, -0.05) is 12.1 Å². The molecule has 133 valence electrons. The molecule has 2 aromatic rings. The standard InChI is InChI=1S/C15H17N5S.2ClH.Cu/c1-12-5-4-7-14(19-12)11-18-20-15(21)17-10-8-13-6-2-3-9-16-13;;;/h2-7,9,11H,8,10H2,1H3,(H2,17,20,21);2*1H;/q;;;+2/p-2. The Morgan fingerprint density at radius 2 is 2.08 bits per heavy atom. The molecule has 2 N–H and O–H groups in total. The number of halogens is 2. The predicted octanol–water partition coefficient (Wildman–Crippen LogP) is 3.20. The van der Waals surface area contributed by atoms with Gasteiger partial charge in [-0.15, -0.1) is 0 Å². The van der Waals surface area contributed by atoms with E-state index in [0.717, 1.165) is 36.6 Å². The molecule has 0 bridgehead atoms. The normalized spacial score (nSPS) is 10.1. The molecule has 9 heteroatoms. The van der Waals surface area contributed by atoms with Crippen LogP contribution in [-0.2, 0) is 19.6 Å². The Bertz CT molecular complexity index is 643. The van der Waals surface area contributed by atoms with Gasteiger partial charge in [0.15, 0.2) is 5.11 Å². The van der Waals surface area contributed by atoms with Crippen molar-refractivity contribution >= 4 is 43.7 Å². The van der Waals surface area contributed by atoms with Gasteiger partial charge in [0, 0.05) is 30.6 Å². The van der Waals surface area contributed by atoms with Crippen LogP contribution >= 0.6 is 32.4 Å². The van der Waals surface area contributed by atoms with Crippen molar-refractivity contribution in [2.45, 2.75) is 13.3 Å². The summed E-state index contributed by atoms with van der Waals surface area (Å²) in [6, 6.07) is 11.6. The van der Waals surface area contributed by atoms with Crippen LogP contribution in [-0.4, -0.2) is 27.8 Å². The van der Waals surface area contributed by atoms with Crippen molar-refractivity contribution in [2.75, 3.05) is 6.54 Å². The molecular weight excluding hydrogens is 417 g/mol. The summed E-state index contributed by atoms with van der Waals surface area (Å²) < 4.78 is 0. The monoisotopic (exact) mass is 432 g/mol. The van der Waals surface area contributed by atoms with E-state index in [2.05, 4.69) is 46.0 Å². The third-order valence-corrected chi connectivity index (χ3v) is 2.90. The van der Waals surface area contributed by atoms with Crippen LogP contribution < -0.4 is 10.7 Å². The molecule has 2 rings (SSSR count). The molecule has 0 amide bonds. The number of pyridine rings is 2. The Hall–Kier alpha value is -1.24. The van der Waals surface area contributed by atoms with Gasteiger partial charge in [-0.25, -0.2) is 0 Å². The first-order chi connectivity index (χ1) is 11.7. The summed E-state index contributed by atoms with van der Waals surface area (Å²) in [5.74, 6) is 0. The van der Waals surface area contributed by atoms with Crippen molar-refractivity contribution in [2.24, 2.45) is 5.10 Å². The Morgan fingerprint density at radius 3 is 2.75 bits per heavy atom. The quantitative estimate of drug-likeness (QED) is 0.328. The molecule has 0 aromatic carbocycles. The molecule has 0 aliphatic rings.